The molecule has 0 aliphatic heterocycles. The summed E-state index contributed by atoms with van der Waals surface area (Å²) in [6.45, 7) is 5.31. The third-order valence-electron chi connectivity index (χ3n) is 5.40. The Balaban J connectivity index is 2.39. The molecule has 8 nitrogen and oxygen atoms in total. The highest BCUT2D eigenvalue weighted by atomic mass is 35.5. The quantitative estimate of drug-likeness (QED) is 0.459. The van der Waals surface area contributed by atoms with Crippen molar-refractivity contribution < 1.29 is 22.7 Å². The van der Waals surface area contributed by atoms with Crippen molar-refractivity contribution in [2.45, 2.75) is 45.7 Å². The molecular weight excluding hydrogens is 490 g/mol. The first-order valence-electron chi connectivity index (χ1n) is 11.4. The number of carbonyl (C=O) groups is 2. The molecule has 0 radical (unpaired) electrons. The zero-order valence-corrected chi connectivity index (χ0v) is 22.4. The lowest BCUT2D eigenvalue weighted by Gasteiger charge is -2.33. The third kappa shape index (κ3) is 8.14. The number of halogens is 1. The van der Waals surface area contributed by atoms with Crippen LogP contribution < -0.4 is 14.4 Å². The number of nitrogens with one attached hydrogen (secondary N) is 1. The average molecular weight is 524 g/mol. The van der Waals surface area contributed by atoms with Gasteiger partial charge in [-0.1, -0.05) is 48.9 Å². The molecule has 0 aliphatic rings. The lowest BCUT2D eigenvalue weighted by Crippen LogP contribution is -2.54. The second-order valence-electron chi connectivity index (χ2n) is 8.50. The Bertz CT molecular complexity index is 1110. The van der Waals surface area contributed by atoms with E-state index in [0.29, 0.717) is 18.6 Å². The Morgan fingerprint density at radius 1 is 1.11 bits per heavy atom. The number of methoxy groups -OCH3 is 1. The van der Waals surface area contributed by atoms with E-state index < -0.39 is 28.5 Å². The van der Waals surface area contributed by atoms with Crippen LogP contribution in [0.25, 0.3) is 0 Å². The predicted octanol–water partition coefficient (Wildman–Crippen LogP) is 3.49. The van der Waals surface area contributed by atoms with Crippen LogP contribution in [0.15, 0.2) is 48.5 Å². The van der Waals surface area contributed by atoms with Gasteiger partial charge in [-0.3, -0.25) is 13.9 Å². The molecule has 0 bridgehead atoms. The second-order valence-corrected chi connectivity index (χ2v) is 10.8. The largest absolute Gasteiger partial charge is 0.495 e. The fraction of sp³-hybridized carbons (Fsp3) is 0.440. The summed E-state index contributed by atoms with van der Waals surface area (Å²) in [5.74, 6) is -0.373. The van der Waals surface area contributed by atoms with Crippen molar-refractivity contribution in [3.05, 3.63) is 59.1 Å². The molecule has 0 saturated heterocycles. The van der Waals surface area contributed by atoms with E-state index in [1.807, 2.05) is 51.1 Å². The summed E-state index contributed by atoms with van der Waals surface area (Å²) < 4.78 is 31.4. The molecular formula is C25H34ClN3O5S. The molecule has 2 amide bonds. The number of rotatable bonds is 12. The van der Waals surface area contributed by atoms with Gasteiger partial charge in [0.2, 0.25) is 21.8 Å². The van der Waals surface area contributed by atoms with E-state index in [1.54, 1.807) is 6.07 Å². The van der Waals surface area contributed by atoms with Gasteiger partial charge in [0.25, 0.3) is 0 Å². The van der Waals surface area contributed by atoms with Crippen LogP contribution in [0.4, 0.5) is 5.69 Å². The molecule has 2 rings (SSSR count). The first-order valence-corrected chi connectivity index (χ1v) is 13.7. The molecule has 192 valence electrons. The van der Waals surface area contributed by atoms with E-state index in [2.05, 4.69) is 5.32 Å². The number of carbonyl (C=O) groups excluding carboxylic acids is 2. The lowest BCUT2D eigenvalue weighted by molar-refractivity contribution is -0.139. The van der Waals surface area contributed by atoms with Crippen LogP contribution in [-0.4, -0.2) is 63.7 Å². The fourth-order valence-corrected chi connectivity index (χ4v) is 4.79. The maximum Gasteiger partial charge on any atom is 0.244 e. The van der Waals surface area contributed by atoms with Crippen LogP contribution in [0.5, 0.6) is 5.75 Å². The van der Waals surface area contributed by atoms with Gasteiger partial charge in [0, 0.05) is 12.6 Å². The normalized spacial score (nSPS) is 12.2. The number of ether oxygens (including phenoxy) is 1. The van der Waals surface area contributed by atoms with Crippen LogP contribution in [0.2, 0.25) is 5.02 Å². The van der Waals surface area contributed by atoms with Gasteiger partial charge < -0.3 is 15.0 Å². The van der Waals surface area contributed by atoms with Gasteiger partial charge in [-0.05, 0) is 50.5 Å². The summed E-state index contributed by atoms with van der Waals surface area (Å²) >= 11 is 6.21. The van der Waals surface area contributed by atoms with Crippen molar-refractivity contribution >= 4 is 39.1 Å². The molecule has 0 spiro atoms. The van der Waals surface area contributed by atoms with Crippen molar-refractivity contribution in [2.75, 3.05) is 30.8 Å². The Morgan fingerprint density at radius 3 is 2.29 bits per heavy atom. The number of hydrogen-bond acceptors (Lipinski definition) is 5. The van der Waals surface area contributed by atoms with Crippen LogP contribution in [-0.2, 0) is 26.0 Å². The minimum absolute atomic E-state index is 0.100. The van der Waals surface area contributed by atoms with Gasteiger partial charge >= 0.3 is 0 Å². The predicted molar refractivity (Wildman–Crippen MR) is 139 cm³/mol. The number of hydrogen-bond donors (Lipinski definition) is 1. The molecule has 1 unspecified atom stereocenters. The van der Waals surface area contributed by atoms with Gasteiger partial charge in [0.1, 0.15) is 18.3 Å². The summed E-state index contributed by atoms with van der Waals surface area (Å²) in [5.41, 5.74) is 1.24. The Morgan fingerprint density at radius 2 is 1.77 bits per heavy atom. The SMILES string of the molecule is CCC(C(=O)NC(C)C)N(CCc1ccccc1)C(=O)CN(c1ccc(OC)c(Cl)c1)S(C)(=O)=O. The first-order chi connectivity index (χ1) is 16.5. The van der Waals surface area contributed by atoms with E-state index in [9.17, 15) is 18.0 Å². The zero-order valence-electron chi connectivity index (χ0n) is 20.8. The summed E-state index contributed by atoms with van der Waals surface area (Å²) in [6.07, 6.45) is 1.92. The lowest BCUT2D eigenvalue weighted by atomic mass is 10.1. The van der Waals surface area contributed by atoms with E-state index >= 15 is 0 Å². The summed E-state index contributed by atoms with van der Waals surface area (Å²) in [6, 6.07) is 13.3. The van der Waals surface area contributed by atoms with Crippen LogP contribution in [0.3, 0.4) is 0 Å². The van der Waals surface area contributed by atoms with Crippen molar-refractivity contribution in [3.63, 3.8) is 0 Å². The molecule has 35 heavy (non-hydrogen) atoms. The topological polar surface area (TPSA) is 96.0 Å². The minimum Gasteiger partial charge on any atom is -0.495 e. The standard InChI is InChI=1S/C25H34ClN3O5S/c1-6-22(25(31)27-18(2)3)28(15-14-19-10-8-7-9-11-19)24(30)17-29(35(5,32)33)20-12-13-23(34-4)21(26)16-20/h7-13,16,18,22H,6,14-15,17H2,1-5H3,(H,27,31). The Labute approximate surface area is 213 Å². The highest BCUT2D eigenvalue weighted by molar-refractivity contribution is 7.92. The van der Waals surface area contributed by atoms with Crippen molar-refractivity contribution in [1.29, 1.82) is 0 Å². The highest BCUT2D eigenvalue weighted by Gasteiger charge is 2.31. The smallest absolute Gasteiger partial charge is 0.244 e. The molecule has 2 aromatic rings. The first kappa shape index (κ1) is 28.5. The van der Waals surface area contributed by atoms with Crippen molar-refractivity contribution in [1.82, 2.24) is 10.2 Å². The van der Waals surface area contributed by atoms with Gasteiger partial charge in [-0.15, -0.1) is 0 Å². The van der Waals surface area contributed by atoms with Crippen LogP contribution in [0.1, 0.15) is 32.8 Å². The Hall–Kier alpha value is -2.78. The molecule has 10 heteroatoms. The molecule has 0 saturated carbocycles. The van der Waals surface area contributed by atoms with Gasteiger partial charge in [-0.2, -0.15) is 0 Å². The average Bonchev–Trinajstić information content (AvgIpc) is 2.79. The monoisotopic (exact) mass is 523 g/mol. The van der Waals surface area contributed by atoms with E-state index in [4.69, 9.17) is 16.3 Å². The molecule has 2 aromatic carbocycles. The maximum absolute atomic E-state index is 13.6. The molecule has 1 atom stereocenters. The molecule has 0 aromatic heterocycles. The van der Waals surface area contributed by atoms with Gasteiger partial charge in [0.15, 0.2) is 0 Å². The summed E-state index contributed by atoms with van der Waals surface area (Å²) in [4.78, 5) is 28.0. The highest BCUT2D eigenvalue weighted by Crippen LogP contribution is 2.30. The molecule has 1 N–H and O–H groups in total. The van der Waals surface area contributed by atoms with Gasteiger partial charge in [0.05, 0.1) is 24.1 Å². The fourth-order valence-electron chi connectivity index (χ4n) is 3.70. The van der Waals surface area contributed by atoms with Crippen LogP contribution in [0, 0.1) is 0 Å². The number of sulfonamides is 1. The molecule has 0 fully saturated rings. The molecule has 0 heterocycles. The maximum atomic E-state index is 13.6. The number of anilines is 1. The van der Waals surface area contributed by atoms with Crippen molar-refractivity contribution in [3.8, 4) is 5.75 Å². The zero-order chi connectivity index (χ0) is 26.2. The molecule has 0 aliphatic carbocycles. The Kier molecular flexibility index (Phi) is 10.4. The number of benzene rings is 2. The number of amides is 2. The minimum atomic E-state index is -3.84. The van der Waals surface area contributed by atoms with E-state index in [-0.39, 0.29) is 29.2 Å². The third-order valence-corrected chi connectivity index (χ3v) is 6.84. The van der Waals surface area contributed by atoms with Gasteiger partial charge in [-0.25, -0.2) is 8.42 Å². The van der Waals surface area contributed by atoms with Crippen LogP contribution >= 0.6 is 11.6 Å². The number of nitrogens with zero attached hydrogens (tertiary/aromatic N) is 2. The summed E-state index contributed by atoms with van der Waals surface area (Å²) in [5, 5.41) is 3.08. The van der Waals surface area contributed by atoms with E-state index in [1.165, 1.54) is 24.1 Å². The second kappa shape index (κ2) is 12.8. The summed E-state index contributed by atoms with van der Waals surface area (Å²) in [7, 11) is -2.38. The van der Waals surface area contributed by atoms with Crippen molar-refractivity contribution in [2.24, 2.45) is 0 Å². The van der Waals surface area contributed by atoms with E-state index in [0.717, 1.165) is 16.1 Å².